The molecule has 3 aromatic rings. The Balaban J connectivity index is 1.21. The van der Waals surface area contributed by atoms with Gasteiger partial charge in [0.15, 0.2) is 0 Å². The van der Waals surface area contributed by atoms with Crippen molar-refractivity contribution in [3.63, 3.8) is 0 Å². The van der Waals surface area contributed by atoms with E-state index in [0.29, 0.717) is 6.54 Å². The van der Waals surface area contributed by atoms with E-state index >= 15 is 0 Å². The van der Waals surface area contributed by atoms with Gasteiger partial charge in [0.2, 0.25) is 5.88 Å². The number of unbranched alkanes of at least 4 members (excludes halogenated alkanes) is 1. The second kappa shape index (κ2) is 12.7. The Morgan fingerprint density at radius 1 is 0.889 bits per heavy atom. The van der Waals surface area contributed by atoms with Crippen LogP contribution in [-0.4, -0.2) is 65.1 Å². The molecule has 2 heterocycles. The number of nitrogens with zero attached hydrogens (tertiary/aromatic N) is 3. The number of hydrogen-bond donors (Lipinski definition) is 2. The number of carbonyl (C=O) groups excluding carboxylic acids is 1. The van der Waals surface area contributed by atoms with Crippen molar-refractivity contribution in [2.75, 3.05) is 39.3 Å². The minimum absolute atomic E-state index is 0.194. The van der Waals surface area contributed by atoms with Gasteiger partial charge < -0.3 is 15.3 Å². The zero-order valence-corrected chi connectivity index (χ0v) is 21.4. The van der Waals surface area contributed by atoms with E-state index < -0.39 is 0 Å². The highest BCUT2D eigenvalue weighted by molar-refractivity contribution is 5.96. The van der Waals surface area contributed by atoms with Crippen molar-refractivity contribution in [3.05, 3.63) is 95.2 Å². The fourth-order valence-corrected chi connectivity index (χ4v) is 4.85. The van der Waals surface area contributed by atoms with E-state index in [0.717, 1.165) is 51.3 Å². The van der Waals surface area contributed by atoms with Gasteiger partial charge in [0.05, 0.1) is 6.04 Å². The molecule has 1 saturated heterocycles. The van der Waals surface area contributed by atoms with Crippen molar-refractivity contribution in [3.8, 4) is 5.88 Å². The van der Waals surface area contributed by atoms with Crippen LogP contribution < -0.4 is 5.32 Å². The number of carbonyl (C=O) groups is 1. The van der Waals surface area contributed by atoms with Crippen LogP contribution in [0.5, 0.6) is 5.88 Å². The van der Waals surface area contributed by atoms with Gasteiger partial charge in [-0.3, -0.25) is 9.69 Å². The third-order valence-electron chi connectivity index (χ3n) is 6.92. The van der Waals surface area contributed by atoms with E-state index in [-0.39, 0.29) is 29.3 Å². The number of aromatic nitrogens is 1. The molecule has 0 spiro atoms. The molecule has 0 unspecified atom stereocenters. The monoisotopic (exact) mass is 486 g/mol. The lowest BCUT2D eigenvalue weighted by atomic mass is 9.96. The first-order valence-electron chi connectivity index (χ1n) is 13.1. The summed E-state index contributed by atoms with van der Waals surface area (Å²) in [5.41, 5.74) is 3.70. The molecule has 0 saturated carbocycles. The predicted molar refractivity (Wildman–Crippen MR) is 144 cm³/mol. The standard InChI is InChI=1S/C30H38N4O2/c1-23(2)27-16-15-26(30(36)32-27)29(35)31-17-9-10-18-33-19-21-34(22-20-33)28(24-11-5-3-6-12-24)25-13-7-4-8-14-25/h3-8,11-16,23,28H,9-10,17-22H2,1-2H3,(H,31,35)(H,32,36). The minimum Gasteiger partial charge on any atom is -0.493 e. The lowest BCUT2D eigenvalue weighted by Crippen LogP contribution is -2.48. The zero-order chi connectivity index (χ0) is 25.3. The maximum absolute atomic E-state index is 12.4. The smallest absolute Gasteiger partial charge is 0.256 e. The fraction of sp³-hybridized carbons (Fsp3) is 0.400. The summed E-state index contributed by atoms with van der Waals surface area (Å²) in [4.78, 5) is 21.7. The highest BCUT2D eigenvalue weighted by atomic mass is 16.3. The average molecular weight is 487 g/mol. The van der Waals surface area contributed by atoms with E-state index in [1.807, 2.05) is 13.8 Å². The molecule has 6 heteroatoms. The van der Waals surface area contributed by atoms with E-state index in [9.17, 15) is 9.90 Å². The first kappa shape index (κ1) is 25.9. The zero-order valence-electron chi connectivity index (χ0n) is 21.4. The van der Waals surface area contributed by atoms with Crippen LogP contribution in [0.15, 0.2) is 72.8 Å². The Morgan fingerprint density at radius 2 is 1.50 bits per heavy atom. The molecule has 0 aliphatic carbocycles. The molecule has 1 amide bonds. The second-order valence-electron chi connectivity index (χ2n) is 9.83. The van der Waals surface area contributed by atoms with Gasteiger partial charge in [-0.2, -0.15) is 0 Å². The molecule has 1 aliphatic heterocycles. The van der Waals surface area contributed by atoms with Crippen LogP contribution in [0.1, 0.15) is 65.8 Å². The summed E-state index contributed by atoms with van der Waals surface area (Å²) in [6, 6.07) is 25.3. The average Bonchev–Trinajstić information content (AvgIpc) is 2.90. The molecule has 6 nitrogen and oxygen atoms in total. The molecule has 4 rings (SSSR count). The largest absolute Gasteiger partial charge is 0.493 e. The maximum Gasteiger partial charge on any atom is 0.256 e. The topological polar surface area (TPSA) is 68.7 Å². The first-order valence-corrected chi connectivity index (χ1v) is 13.1. The Hall–Kier alpha value is -3.22. The summed E-state index contributed by atoms with van der Waals surface area (Å²) < 4.78 is 0. The van der Waals surface area contributed by atoms with Gasteiger partial charge in [-0.25, -0.2) is 4.98 Å². The van der Waals surface area contributed by atoms with Crippen LogP contribution in [0.25, 0.3) is 0 Å². The van der Waals surface area contributed by atoms with Crippen molar-refractivity contribution in [1.82, 2.24) is 20.1 Å². The molecule has 2 aromatic carbocycles. The van der Waals surface area contributed by atoms with E-state index in [1.165, 1.54) is 11.1 Å². The SMILES string of the molecule is CC(C)c1ccc(C(=O)NCCCCN2CCN(C(c3ccccc3)c3ccccc3)CC2)c(O)n1. The van der Waals surface area contributed by atoms with E-state index in [2.05, 4.69) is 80.8 Å². The Labute approximate surface area is 215 Å². The summed E-state index contributed by atoms with van der Waals surface area (Å²) in [6.45, 7) is 9.79. The third kappa shape index (κ3) is 6.71. The lowest BCUT2D eigenvalue weighted by Gasteiger charge is -2.39. The normalized spacial score (nSPS) is 14.9. The van der Waals surface area contributed by atoms with E-state index in [1.54, 1.807) is 12.1 Å². The lowest BCUT2D eigenvalue weighted by molar-refractivity contribution is 0.0946. The van der Waals surface area contributed by atoms with Crippen molar-refractivity contribution >= 4 is 5.91 Å². The number of rotatable bonds is 10. The number of hydrogen-bond acceptors (Lipinski definition) is 5. The quantitative estimate of drug-likeness (QED) is 0.402. The Kier molecular flexibility index (Phi) is 9.09. The third-order valence-corrected chi connectivity index (χ3v) is 6.92. The molecule has 2 N–H and O–H groups in total. The highest BCUT2D eigenvalue weighted by Gasteiger charge is 2.26. The molecule has 190 valence electrons. The van der Waals surface area contributed by atoms with Crippen LogP contribution in [0.3, 0.4) is 0 Å². The second-order valence-corrected chi connectivity index (χ2v) is 9.83. The van der Waals surface area contributed by atoms with Crippen molar-refractivity contribution < 1.29 is 9.90 Å². The van der Waals surface area contributed by atoms with Crippen LogP contribution in [0, 0.1) is 0 Å². The van der Waals surface area contributed by atoms with Crippen LogP contribution >= 0.6 is 0 Å². The molecule has 36 heavy (non-hydrogen) atoms. The summed E-state index contributed by atoms with van der Waals surface area (Å²) in [5.74, 6) is -0.255. The van der Waals surface area contributed by atoms with E-state index in [4.69, 9.17) is 0 Å². The van der Waals surface area contributed by atoms with Gasteiger partial charge in [-0.15, -0.1) is 0 Å². The fourth-order valence-electron chi connectivity index (χ4n) is 4.85. The number of pyridine rings is 1. The molecular formula is C30H38N4O2. The Morgan fingerprint density at radius 3 is 2.06 bits per heavy atom. The summed E-state index contributed by atoms with van der Waals surface area (Å²) in [5, 5.41) is 13.0. The summed E-state index contributed by atoms with van der Waals surface area (Å²) >= 11 is 0. The number of amides is 1. The van der Waals surface area contributed by atoms with Gasteiger partial charge in [0.25, 0.3) is 5.91 Å². The summed E-state index contributed by atoms with van der Waals surface area (Å²) in [6.07, 6.45) is 1.93. The van der Waals surface area contributed by atoms with Gasteiger partial charge in [0.1, 0.15) is 5.56 Å². The molecule has 0 atom stereocenters. The predicted octanol–water partition coefficient (Wildman–Crippen LogP) is 4.83. The number of benzene rings is 2. The van der Waals surface area contributed by atoms with Gasteiger partial charge in [0, 0.05) is 38.4 Å². The van der Waals surface area contributed by atoms with Gasteiger partial charge in [-0.05, 0) is 48.6 Å². The maximum atomic E-state index is 12.4. The molecule has 0 bridgehead atoms. The van der Waals surface area contributed by atoms with Crippen molar-refractivity contribution in [2.45, 2.75) is 38.6 Å². The number of nitrogens with one attached hydrogen (secondary N) is 1. The molecule has 1 aliphatic rings. The first-order chi connectivity index (χ1) is 17.5. The van der Waals surface area contributed by atoms with Crippen LogP contribution in [-0.2, 0) is 0 Å². The Bertz CT molecular complexity index is 1060. The van der Waals surface area contributed by atoms with Crippen LogP contribution in [0.4, 0.5) is 0 Å². The van der Waals surface area contributed by atoms with Crippen LogP contribution in [0.2, 0.25) is 0 Å². The highest BCUT2D eigenvalue weighted by Crippen LogP contribution is 2.29. The molecule has 0 radical (unpaired) electrons. The minimum atomic E-state index is -0.267. The summed E-state index contributed by atoms with van der Waals surface area (Å²) in [7, 11) is 0. The van der Waals surface area contributed by atoms with Gasteiger partial charge in [-0.1, -0.05) is 74.5 Å². The number of piperazine rings is 1. The number of aromatic hydroxyl groups is 1. The molecule has 1 fully saturated rings. The van der Waals surface area contributed by atoms with Crippen molar-refractivity contribution in [1.29, 1.82) is 0 Å². The van der Waals surface area contributed by atoms with Gasteiger partial charge >= 0.3 is 0 Å². The molecular weight excluding hydrogens is 448 g/mol. The molecule has 1 aromatic heterocycles. The van der Waals surface area contributed by atoms with Crippen molar-refractivity contribution in [2.24, 2.45) is 0 Å².